The monoisotopic (exact) mass is 116 g/mol. The van der Waals surface area contributed by atoms with Gasteiger partial charge in [0.2, 0.25) is 0 Å². The van der Waals surface area contributed by atoms with Crippen molar-refractivity contribution in [3.63, 3.8) is 0 Å². The summed E-state index contributed by atoms with van der Waals surface area (Å²) in [6.45, 7) is 2.34. The zero-order valence-corrected chi connectivity index (χ0v) is 7.02. The Morgan fingerprint density at radius 1 is 1.83 bits per heavy atom. The predicted molar refractivity (Wildman–Crippen MR) is 26.4 cm³/mol. The van der Waals surface area contributed by atoms with Gasteiger partial charge in [-0.3, -0.25) is 0 Å². The van der Waals surface area contributed by atoms with Gasteiger partial charge in [-0.15, -0.1) is 4.52 Å². The van der Waals surface area contributed by atoms with E-state index in [0.717, 1.165) is 0 Å². The Bertz CT molecular complexity index is 32.7. The number of hydrogen-bond donors (Lipinski definition) is 0. The van der Waals surface area contributed by atoms with Crippen LogP contribution in [-0.2, 0) is 9.09 Å². The second kappa shape index (κ2) is 9.41. The standard InChI is InChI=1S/C2H6O2P.Na/c1-2-4-5-3;/h5H,2H2,1H3;/q+1;. The Kier molecular flexibility index (Phi) is 15.9. The van der Waals surface area contributed by atoms with Crippen LogP contribution in [0.25, 0.3) is 0 Å². The summed E-state index contributed by atoms with van der Waals surface area (Å²) >= 11 is 0. The summed E-state index contributed by atoms with van der Waals surface area (Å²) in [6, 6.07) is 0. The fourth-order valence-electron chi connectivity index (χ4n) is 0.0589. The molecule has 0 heterocycles. The second-order valence-electron chi connectivity index (χ2n) is 0.516. The van der Waals surface area contributed by atoms with E-state index in [1.54, 1.807) is 6.92 Å². The van der Waals surface area contributed by atoms with Crippen molar-refractivity contribution in [1.82, 2.24) is 0 Å². The first kappa shape index (κ1) is 10.1. The third-order valence-corrected chi connectivity index (χ3v) is 0.610. The first-order chi connectivity index (χ1) is 2.41. The van der Waals surface area contributed by atoms with E-state index in [1.807, 2.05) is 0 Å². The molecule has 4 heteroatoms. The predicted octanol–water partition coefficient (Wildman–Crippen LogP) is 0.581. The van der Waals surface area contributed by atoms with Gasteiger partial charge in [0.05, 0.1) is 6.61 Å². The van der Waals surface area contributed by atoms with Crippen molar-refractivity contribution in [2.45, 2.75) is 6.92 Å². The summed E-state index contributed by atoms with van der Waals surface area (Å²) in [6.07, 6.45) is 0. The number of hydrogen-bond acceptors (Lipinski definition) is 2. The maximum Gasteiger partial charge on any atom is 0.494 e. The average Bonchev–Trinajstić information content (AvgIpc) is 1.41. The van der Waals surface area contributed by atoms with Crippen LogP contribution in [0.15, 0.2) is 0 Å². The summed E-state index contributed by atoms with van der Waals surface area (Å²) in [4.78, 5) is 0. The minimum atomic E-state index is -0.592. The van der Waals surface area contributed by atoms with Crippen molar-refractivity contribution in [2.75, 3.05) is 6.61 Å². The summed E-state index contributed by atoms with van der Waals surface area (Å²) in [7, 11) is -0.592. The molecule has 6 heavy (non-hydrogen) atoms. The van der Waals surface area contributed by atoms with Crippen molar-refractivity contribution in [3.05, 3.63) is 0 Å². The minimum Gasteiger partial charge on any atom is -0.148 e. The molecule has 0 saturated heterocycles. The average molecular weight is 116 g/mol. The van der Waals surface area contributed by atoms with E-state index in [-0.39, 0.29) is 29.6 Å². The van der Waals surface area contributed by atoms with Gasteiger partial charge in [-0.05, 0) is 11.5 Å². The molecule has 0 rings (SSSR count). The van der Waals surface area contributed by atoms with Crippen LogP contribution in [0.5, 0.6) is 0 Å². The van der Waals surface area contributed by atoms with E-state index < -0.39 is 8.69 Å². The molecule has 0 fully saturated rings. The van der Waals surface area contributed by atoms with Gasteiger partial charge in [0, 0.05) is 29.6 Å². The quantitative estimate of drug-likeness (QED) is 0.389. The van der Waals surface area contributed by atoms with Crippen LogP contribution >= 0.6 is 8.69 Å². The van der Waals surface area contributed by atoms with Crippen LogP contribution in [-0.4, -0.2) is 36.2 Å². The van der Waals surface area contributed by atoms with Crippen molar-refractivity contribution in [1.29, 1.82) is 0 Å². The molecule has 0 aliphatic heterocycles. The van der Waals surface area contributed by atoms with Gasteiger partial charge in [-0.1, -0.05) is 0 Å². The molecule has 2 nitrogen and oxygen atoms in total. The normalized spacial score (nSPS) is 7.50. The first-order valence-corrected chi connectivity index (χ1v) is 2.22. The van der Waals surface area contributed by atoms with Gasteiger partial charge in [0.25, 0.3) is 0 Å². The van der Waals surface area contributed by atoms with E-state index >= 15 is 0 Å². The van der Waals surface area contributed by atoms with Crippen molar-refractivity contribution in [3.8, 4) is 0 Å². The Balaban J connectivity index is 0. The smallest absolute Gasteiger partial charge is 0.148 e. The molecule has 0 N–H and O–H groups in total. The fourth-order valence-corrected chi connectivity index (χ4v) is 0.177. The van der Waals surface area contributed by atoms with Gasteiger partial charge in [0.15, 0.2) is 0 Å². The molecule has 0 aromatic heterocycles. The second-order valence-corrected chi connectivity index (χ2v) is 0.972. The van der Waals surface area contributed by atoms with Crippen LogP contribution in [0, 0.1) is 0 Å². The van der Waals surface area contributed by atoms with Gasteiger partial charge in [-0.25, -0.2) is 0 Å². The zero-order valence-electron chi connectivity index (χ0n) is 4.02. The van der Waals surface area contributed by atoms with Crippen LogP contribution in [0.1, 0.15) is 6.92 Å². The molecule has 1 unspecified atom stereocenters. The summed E-state index contributed by atoms with van der Waals surface area (Å²) in [5.41, 5.74) is 0. The molecule has 0 saturated carbocycles. The Morgan fingerprint density at radius 2 is 2.33 bits per heavy atom. The molecule has 1 radical (unpaired) electrons. The summed E-state index contributed by atoms with van der Waals surface area (Å²) < 4.78 is 13.6. The van der Waals surface area contributed by atoms with Crippen LogP contribution in [0.3, 0.4) is 0 Å². The largest absolute Gasteiger partial charge is 0.494 e. The van der Waals surface area contributed by atoms with E-state index in [0.29, 0.717) is 6.61 Å². The Morgan fingerprint density at radius 3 is 2.33 bits per heavy atom. The van der Waals surface area contributed by atoms with Gasteiger partial charge in [-0.2, -0.15) is 0 Å². The molecule has 0 aliphatic rings. The topological polar surface area (TPSA) is 26.3 Å². The van der Waals surface area contributed by atoms with Gasteiger partial charge in [0.1, 0.15) is 0 Å². The Labute approximate surface area is 60.8 Å². The molecule has 31 valence electrons. The summed E-state index contributed by atoms with van der Waals surface area (Å²) in [5, 5.41) is 0. The SMILES string of the molecule is CCO[PH+]=O.[Na]. The van der Waals surface area contributed by atoms with Crippen molar-refractivity contribution < 1.29 is 9.09 Å². The first-order valence-electron chi connectivity index (χ1n) is 1.40. The van der Waals surface area contributed by atoms with Gasteiger partial charge < -0.3 is 0 Å². The van der Waals surface area contributed by atoms with Crippen molar-refractivity contribution >= 4 is 38.2 Å². The molecule has 0 amide bonds. The maximum atomic E-state index is 9.34. The molecule has 0 aliphatic carbocycles. The van der Waals surface area contributed by atoms with E-state index in [4.69, 9.17) is 0 Å². The van der Waals surface area contributed by atoms with E-state index in [1.165, 1.54) is 0 Å². The molecular formula is C2H6NaO2P+. The van der Waals surface area contributed by atoms with E-state index in [2.05, 4.69) is 4.52 Å². The molecular weight excluding hydrogens is 110 g/mol. The molecule has 0 spiro atoms. The third kappa shape index (κ3) is 8.91. The van der Waals surface area contributed by atoms with Crippen molar-refractivity contribution in [2.24, 2.45) is 0 Å². The molecule has 0 aromatic rings. The Hall–Kier alpha value is 1.06. The van der Waals surface area contributed by atoms with E-state index in [9.17, 15) is 4.57 Å². The molecule has 1 atom stereocenters. The van der Waals surface area contributed by atoms with Gasteiger partial charge >= 0.3 is 8.69 Å². The molecule has 0 aromatic carbocycles. The molecule has 0 bridgehead atoms. The summed E-state index contributed by atoms with van der Waals surface area (Å²) in [5.74, 6) is 0. The zero-order chi connectivity index (χ0) is 4.12. The number of rotatable bonds is 2. The maximum absolute atomic E-state index is 9.34. The van der Waals surface area contributed by atoms with Crippen LogP contribution in [0.2, 0.25) is 0 Å². The van der Waals surface area contributed by atoms with Crippen LogP contribution in [0.4, 0.5) is 0 Å². The van der Waals surface area contributed by atoms with Crippen LogP contribution < -0.4 is 0 Å². The third-order valence-electron chi connectivity index (χ3n) is 0.203. The fraction of sp³-hybridized carbons (Fsp3) is 1.00. The minimum absolute atomic E-state index is 0.